The summed E-state index contributed by atoms with van der Waals surface area (Å²) in [5, 5.41) is 0. The molecule has 2 aromatic heterocycles. The second-order valence-electron chi connectivity index (χ2n) is 4.97. The van der Waals surface area contributed by atoms with E-state index in [0.29, 0.717) is 22.5 Å². The number of nitrogen functional groups attached to an aromatic ring is 1. The van der Waals surface area contributed by atoms with Gasteiger partial charge in [-0.25, -0.2) is 4.39 Å². The van der Waals surface area contributed by atoms with Crippen LogP contribution in [0.3, 0.4) is 0 Å². The average Bonchev–Trinajstić information content (AvgIpc) is 2.49. The normalized spacial score (nSPS) is 10.6. The van der Waals surface area contributed by atoms with Crippen molar-refractivity contribution in [3.63, 3.8) is 0 Å². The van der Waals surface area contributed by atoms with Crippen molar-refractivity contribution in [2.24, 2.45) is 0 Å². The molecule has 110 valence electrons. The van der Waals surface area contributed by atoms with E-state index in [0.717, 1.165) is 11.1 Å². The number of allylic oxidation sites excluding steroid dienone is 1. The third-order valence-corrected chi connectivity index (χ3v) is 3.21. The van der Waals surface area contributed by atoms with Gasteiger partial charge >= 0.3 is 0 Å². The average molecular weight is 295 g/mol. The molecular formula is C17H14FN3O. The van der Waals surface area contributed by atoms with Crippen molar-refractivity contribution in [3.8, 4) is 11.5 Å². The van der Waals surface area contributed by atoms with E-state index in [1.54, 1.807) is 24.5 Å². The lowest BCUT2D eigenvalue weighted by atomic mass is 10.1. The molecular weight excluding hydrogens is 281 g/mol. The van der Waals surface area contributed by atoms with Crippen molar-refractivity contribution in [1.82, 2.24) is 9.97 Å². The van der Waals surface area contributed by atoms with Crippen molar-refractivity contribution in [1.29, 1.82) is 0 Å². The number of nitrogens with two attached hydrogens (primary N) is 1. The third kappa shape index (κ3) is 2.61. The summed E-state index contributed by atoms with van der Waals surface area (Å²) in [7, 11) is 0. The van der Waals surface area contributed by atoms with E-state index in [-0.39, 0.29) is 5.75 Å². The molecule has 0 saturated heterocycles. The lowest BCUT2D eigenvalue weighted by Crippen LogP contribution is -1.94. The number of anilines is 1. The van der Waals surface area contributed by atoms with E-state index in [2.05, 4.69) is 16.5 Å². The highest BCUT2D eigenvalue weighted by molar-refractivity contribution is 5.83. The number of rotatable bonds is 3. The first-order chi connectivity index (χ1) is 10.5. The van der Waals surface area contributed by atoms with Crippen molar-refractivity contribution in [3.05, 3.63) is 60.7 Å². The maximum absolute atomic E-state index is 13.9. The number of fused-ring (bicyclic) bond motifs is 1. The minimum absolute atomic E-state index is 0.0903. The van der Waals surface area contributed by atoms with Gasteiger partial charge in [0.05, 0.1) is 5.52 Å². The van der Waals surface area contributed by atoms with Crippen LogP contribution in [0, 0.1) is 5.82 Å². The zero-order valence-electron chi connectivity index (χ0n) is 12.0. The van der Waals surface area contributed by atoms with Crippen molar-refractivity contribution in [2.75, 3.05) is 5.73 Å². The fourth-order valence-electron chi connectivity index (χ4n) is 2.04. The Morgan fingerprint density at radius 3 is 2.73 bits per heavy atom. The number of halogens is 1. The summed E-state index contributed by atoms with van der Waals surface area (Å²) < 4.78 is 19.5. The number of pyridine rings is 2. The molecule has 0 bridgehead atoms. The maximum atomic E-state index is 13.9. The van der Waals surface area contributed by atoms with Crippen molar-refractivity contribution < 1.29 is 9.13 Å². The Kier molecular flexibility index (Phi) is 3.47. The smallest absolute Gasteiger partial charge is 0.167 e. The van der Waals surface area contributed by atoms with Crippen LogP contribution in [-0.2, 0) is 0 Å². The molecule has 0 aliphatic carbocycles. The summed E-state index contributed by atoms with van der Waals surface area (Å²) in [5.74, 6) is -0.00191. The molecule has 3 aromatic rings. The van der Waals surface area contributed by atoms with E-state index in [1.165, 1.54) is 12.1 Å². The van der Waals surface area contributed by atoms with Crippen molar-refractivity contribution >= 4 is 22.3 Å². The summed E-state index contributed by atoms with van der Waals surface area (Å²) in [5.41, 5.74) is 8.89. The maximum Gasteiger partial charge on any atom is 0.167 e. The van der Waals surface area contributed by atoms with Gasteiger partial charge < -0.3 is 10.5 Å². The molecule has 2 N–H and O–H groups in total. The zero-order chi connectivity index (χ0) is 15.7. The summed E-state index contributed by atoms with van der Waals surface area (Å²) in [6.45, 7) is 5.78. The molecule has 5 heteroatoms. The van der Waals surface area contributed by atoms with Crippen molar-refractivity contribution in [2.45, 2.75) is 6.92 Å². The summed E-state index contributed by atoms with van der Waals surface area (Å²) in [4.78, 5) is 8.62. The first-order valence-corrected chi connectivity index (χ1v) is 6.68. The van der Waals surface area contributed by atoms with Crippen LogP contribution < -0.4 is 10.5 Å². The van der Waals surface area contributed by atoms with E-state index in [4.69, 9.17) is 10.5 Å². The van der Waals surface area contributed by atoms with E-state index in [9.17, 15) is 4.39 Å². The molecule has 0 amide bonds. The molecule has 2 heterocycles. The number of hydrogen-bond acceptors (Lipinski definition) is 4. The van der Waals surface area contributed by atoms with Crippen LogP contribution in [0.5, 0.6) is 11.5 Å². The van der Waals surface area contributed by atoms with Crippen LogP contribution in [0.25, 0.3) is 16.6 Å². The van der Waals surface area contributed by atoms with Gasteiger partial charge in [-0.1, -0.05) is 6.58 Å². The Morgan fingerprint density at radius 1 is 1.18 bits per heavy atom. The number of hydrogen-bond donors (Lipinski definition) is 1. The fourth-order valence-corrected chi connectivity index (χ4v) is 2.04. The molecule has 3 rings (SSSR count). The molecule has 0 atom stereocenters. The van der Waals surface area contributed by atoms with E-state index in [1.807, 2.05) is 13.0 Å². The SMILES string of the molecule is C=C(C)c1cnc2c(Oc3ccc(N)cc3F)ccnc2c1. The van der Waals surface area contributed by atoms with Gasteiger partial charge in [-0.05, 0) is 36.3 Å². The van der Waals surface area contributed by atoms with Crippen LogP contribution >= 0.6 is 0 Å². The molecule has 0 aliphatic heterocycles. The highest BCUT2D eigenvalue weighted by Crippen LogP contribution is 2.30. The topological polar surface area (TPSA) is 61.0 Å². The standard InChI is InChI=1S/C17H14FN3O/c1-10(2)11-7-14-17(21-9-11)16(5-6-20-14)22-15-4-3-12(19)8-13(15)18/h3-9H,1,19H2,2H3. The molecule has 22 heavy (non-hydrogen) atoms. The lowest BCUT2D eigenvalue weighted by Gasteiger charge is -2.10. The summed E-state index contributed by atoms with van der Waals surface area (Å²) in [6.07, 6.45) is 3.29. The second-order valence-corrected chi connectivity index (χ2v) is 4.97. The van der Waals surface area contributed by atoms with Crippen LogP contribution in [0.2, 0.25) is 0 Å². The van der Waals surface area contributed by atoms with E-state index < -0.39 is 5.82 Å². The zero-order valence-corrected chi connectivity index (χ0v) is 12.0. The van der Waals surface area contributed by atoms with Gasteiger partial charge in [-0.15, -0.1) is 0 Å². The number of benzene rings is 1. The van der Waals surface area contributed by atoms with Gasteiger partial charge in [0.25, 0.3) is 0 Å². The Balaban J connectivity index is 2.05. The van der Waals surface area contributed by atoms with E-state index >= 15 is 0 Å². The Bertz CT molecular complexity index is 877. The van der Waals surface area contributed by atoms with Gasteiger partial charge in [0.1, 0.15) is 5.52 Å². The Labute approximate surface area is 127 Å². The lowest BCUT2D eigenvalue weighted by molar-refractivity contribution is 0.445. The third-order valence-electron chi connectivity index (χ3n) is 3.21. The van der Waals surface area contributed by atoms with Gasteiger partial charge in [-0.3, -0.25) is 9.97 Å². The molecule has 0 fully saturated rings. The highest BCUT2D eigenvalue weighted by Gasteiger charge is 2.10. The predicted molar refractivity (Wildman–Crippen MR) is 85.1 cm³/mol. The second kappa shape index (κ2) is 5.44. The van der Waals surface area contributed by atoms with Crippen LogP contribution in [0.4, 0.5) is 10.1 Å². The molecule has 0 radical (unpaired) electrons. The fraction of sp³-hybridized carbons (Fsp3) is 0.0588. The monoisotopic (exact) mass is 295 g/mol. The first-order valence-electron chi connectivity index (χ1n) is 6.68. The molecule has 1 aromatic carbocycles. The number of ether oxygens (including phenoxy) is 1. The molecule has 0 unspecified atom stereocenters. The number of nitrogens with zero attached hydrogens (tertiary/aromatic N) is 2. The van der Waals surface area contributed by atoms with Gasteiger partial charge in [0, 0.05) is 30.2 Å². The predicted octanol–water partition coefficient (Wildman–Crippen LogP) is 4.18. The molecule has 0 saturated carbocycles. The highest BCUT2D eigenvalue weighted by atomic mass is 19.1. The van der Waals surface area contributed by atoms with Crippen LogP contribution in [-0.4, -0.2) is 9.97 Å². The summed E-state index contributed by atoms with van der Waals surface area (Å²) in [6, 6.07) is 7.79. The quantitative estimate of drug-likeness (QED) is 0.736. The number of aromatic nitrogens is 2. The molecule has 0 aliphatic rings. The largest absolute Gasteiger partial charge is 0.452 e. The minimum atomic E-state index is -0.525. The Morgan fingerprint density at radius 2 is 2.00 bits per heavy atom. The van der Waals surface area contributed by atoms with Gasteiger partial charge in [0.2, 0.25) is 0 Å². The summed E-state index contributed by atoms with van der Waals surface area (Å²) >= 11 is 0. The Hall–Kier alpha value is -2.95. The van der Waals surface area contributed by atoms with Gasteiger partial charge in [0.15, 0.2) is 17.3 Å². The first kappa shape index (κ1) is 14.0. The minimum Gasteiger partial charge on any atom is -0.452 e. The molecule has 4 nitrogen and oxygen atoms in total. The van der Waals surface area contributed by atoms with Gasteiger partial charge in [-0.2, -0.15) is 0 Å². The van der Waals surface area contributed by atoms with Crippen LogP contribution in [0.1, 0.15) is 12.5 Å². The van der Waals surface area contributed by atoms with Crippen LogP contribution in [0.15, 0.2) is 49.3 Å². The molecule has 0 spiro atoms.